The molecule has 0 aromatic carbocycles. The van der Waals surface area contributed by atoms with Crippen LogP contribution in [0.25, 0.3) is 0 Å². The van der Waals surface area contributed by atoms with Crippen molar-refractivity contribution in [1.82, 2.24) is 25.5 Å². The molecule has 0 aliphatic carbocycles. The lowest BCUT2D eigenvalue weighted by molar-refractivity contribution is 0.199. The molecule has 2 aromatic rings. The number of nitrogens with zero attached hydrogens (tertiary/aromatic N) is 5. The molecule has 9 heteroatoms. The summed E-state index contributed by atoms with van der Waals surface area (Å²) >= 11 is 2.94. The van der Waals surface area contributed by atoms with Crippen LogP contribution < -0.4 is 10.2 Å². The summed E-state index contributed by atoms with van der Waals surface area (Å²) in [5.41, 5.74) is 1.04. The Hall–Kier alpha value is -1.29. The van der Waals surface area contributed by atoms with Gasteiger partial charge in [-0.2, -0.15) is 0 Å². The Balaban J connectivity index is 1.86. The number of anilines is 1. The van der Waals surface area contributed by atoms with E-state index in [1.807, 2.05) is 31.4 Å². The molecule has 0 saturated carbocycles. The second-order valence-corrected chi connectivity index (χ2v) is 6.56. The van der Waals surface area contributed by atoms with Gasteiger partial charge in [0.25, 0.3) is 0 Å². The van der Waals surface area contributed by atoms with Crippen LogP contribution in [0.1, 0.15) is 5.56 Å². The van der Waals surface area contributed by atoms with Crippen molar-refractivity contribution >= 4 is 28.2 Å². The molecule has 0 atom stereocenters. The van der Waals surface area contributed by atoms with E-state index in [0.717, 1.165) is 28.1 Å². The Kier molecular flexibility index (Phi) is 6.30. The van der Waals surface area contributed by atoms with Gasteiger partial charge in [0.2, 0.25) is 5.13 Å². The summed E-state index contributed by atoms with van der Waals surface area (Å²) in [6.07, 6.45) is 3.64. The molecule has 114 valence electrons. The fourth-order valence-electron chi connectivity index (χ4n) is 1.40. The first kappa shape index (κ1) is 16.1. The van der Waals surface area contributed by atoms with Gasteiger partial charge in [-0.05, 0) is 11.8 Å². The van der Waals surface area contributed by atoms with Gasteiger partial charge in [-0.3, -0.25) is 0 Å². The Bertz CT molecular complexity index is 545. The molecule has 0 amide bonds. The molecule has 0 aliphatic rings. The molecule has 7 nitrogen and oxygen atoms in total. The maximum Gasteiger partial charge on any atom is 0.208 e. The van der Waals surface area contributed by atoms with E-state index in [1.54, 1.807) is 7.11 Å². The number of nitrogens with one attached hydrogen (secondary N) is 1. The third-order valence-electron chi connectivity index (χ3n) is 2.45. The summed E-state index contributed by atoms with van der Waals surface area (Å²) < 4.78 is 5.81. The van der Waals surface area contributed by atoms with E-state index in [9.17, 15) is 0 Å². The predicted molar refractivity (Wildman–Crippen MR) is 84.0 cm³/mol. The standard InChI is InChI=1S/C12H18N6OS2/c1-18(2)11-16-17-12(21-11)20-10-14-7-9(8-15-10)6-13-4-5-19-3/h7-8,13H,4-6H2,1-3H3. The van der Waals surface area contributed by atoms with Crippen molar-refractivity contribution in [2.24, 2.45) is 0 Å². The maximum absolute atomic E-state index is 4.97. The minimum atomic E-state index is 0.678. The monoisotopic (exact) mass is 326 g/mol. The van der Waals surface area contributed by atoms with Crippen LogP contribution in [-0.4, -0.2) is 54.5 Å². The zero-order valence-corrected chi connectivity index (χ0v) is 13.9. The van der Waals surface area contributed by atoms with Crippen LogP contribution >= 0.6 is 23.1 Å². The molecule has 21 heavy (non-hydrogen) atoms. The number of hydrogen-bond acceptors (Lipinski definition) is 9. The average Bonchev–Trinajstić information content (AvgIpc) is 2.94. The number of rotatable bonds is 8. The van der Waals surface area contributed by atoms with Gasteiger partial charge < -0.3 is 15.0 Å². The zero-order valence-electron chi connectivity index (χ0n) is 12.2. The Morgan fingerprint density at radius 2 is 2.05 bits per heavy atom. The summed E-state index contributed by atoms with van der Waals surface area (Å²) in [6, 6.07) is 0. The minimum absolute atomic E-state index is 0.678. The molecule has 0 unspecified atom stereocenters. The average molecular weight is 326 g/mol. The van der Waals surface area contributed by atoms with Gasteiger partial charge in [0.1, 0.15) is 0 Å². The van der Waals surface area contributed by atoms with Crippen LogP contribution in [0.3, 0.4) is 0 Å². The molecule has 0 spiro atoms. The summed E-state index contributed by atoms with van der Waals surface area (Å²) in [5.74, 6) is 0. The molecule has 1 N–H and O–H groups in total. The van der Waals surface area contributed by atoms with Crippen molar-refractivity contribution < 1.29 is 4.74 Å². The number of methoxy groups -OCH3 is 1. The van der Waals surface area contributed by atoms with E-state index >= 15 is 0 Å². The normalized spacial score (nSPS) is 10.8. The van der Waals surface area contributed by atoms with Gasteiger partial charge in [-0.15, -0.1) is 10.2 Å². The first-order valence-electron chi connectivity index (χ1n) is 6.38. The molecule has 0 bridgehead atoms. The Labute approximate surface area is 132 Å². The van der Waals surface area contributed by atoms with Crippen molar-refractivity contribution in [3.8, 4) is 0 Å². The molecule has 0 radical (unpaired) electrons. The van der Waals surface area contributed by atoms with Gasteiger partial charge in [0.15, 0.2) is 9.50 Å². The van der Waals surface area contributed by atoms with Crippen LogP contribution in [0.5, 0.6) is 0 Å². The second-order valence-electron chi connectivity index (χ2n) is 4.39. The molecule has 2 aromatic heterocycles. The highest BCUT2D eigenvalue weighted by Gasteiger charge is 2.09. The van der Waals surface area contributed by atoms with Crippen molar-refractivity contribution in [2.45, 2.75) is 16.0 Å². The fraction of sp³-hybridized carbons (Fsp3) is 0.500. The smallest absolute Gasteiger partial charge is 0.208 e. The lowest BCUT2D eigenvalue weighted by Gasteiger charge is -2.04. The van der Waals surface area contributed by atoms with Crippen LogP contribution in [0.4, 0.5) is 5.13 Å². The number of aromatic nitrogens is 4. The van der Waals surface area contributed by atoms with E-state index in [1.165, 1.54) is 23.1 Å². The van der Waals surface area contributed by atoms with E-state index in [-0.39, 0.29) is 0 Å². The molecule has 0 fully saturated rings. The van der Waals surface area contributed by atoms with Crippen LogP contribution in [0.15, 0.2) is 21.9 Å². The quantitative estimate of drug-likeness (QED) is 0.574. The highest BCUT2D eigenvalue weighted by Crippen LogP contribution is 2.30. The van der Waals surface area contributed by atoms with Crippen molar-refractivity contribution in [2.75, 3.05) is 39.3 Å². The van der Waals surface area contributed by atoms with E-state index in [2.05, 4.69) is 25.5 Å². The summed E-state index contributed by atoms with van der Waals surface area (Å²) in [5, 5.41) is 13.0. The SMILES string of the molecule is COCCNCc1cnc(Sc2nnc(N(C)C)s2)nc1. The van der Waals surface area contributed by atoms with Gasteiger partial charge in [0.05, 0.1) is 6.61 Å². The van der Waals surface area contributed by atoms with Crippen LogP contribution in [0, 0.1) is 0 Å². The molecule has 2 rings (SSSR count). The third kappa shape index (κ3) is 5.20. The molecular formula is C12H18N6OS2. The number of hydrogen-bond donors (Lipinski definition) is 1. The Morgan fingerprint density at radius 1 is 1.29 bits per heavy atom. The van der Waals surface area contributed by atoms with Crippen LogP contribution in [0.2, 0.25) is 0 Å². The summed E-state index contributed by atoms with van der Waals surface area (Å²) in [4.78, 5) is 10.6. The Morgan fingerprint density at radius 3 is 2.67 bits per heavy atom. The lowest BCUT2D eigenvalue weighted by Crippen LogP contribution is -2.18. The zero-order chi connectivity index (χ0) is 15.1. The highest BCUT2D eigenvalue weighted by atomic mass is 32.2. The van der Waals surface area contributed by atoms with Crippen LogP contribution in [-0.2, 0) is 11.3 Å². The highest BCUT2D eigenvalue weighted by molar-refractivity contribution is 8.00. The van der Waals surface area contributed by atoms with E-state index in [0.29, 0.717) is 11.8 Å². The molecule has 2 heterocycles. The largest absolute Gasteiger partial charge is 0.383 e. The fourth-order valence-corrected chi connectivity index (χ4v) is 2.96. The van der Waals surface area contributed by atoms with Gasteiger partial charge >= 0.3 is 0 Å². The molecular weight excluding hydrogens is 308 g/mol. The van der Waals surface area contributed by atoms with Gasteiger partial charge in [0, 0.05) is 52.3 Å². The topological polar surface area (TPSA) is 76.1 Å². The maximum atomic E-state index is 4.97. The third-order valence-corrected chi connectivity index (χ3v) is 4.49. The van der Waals surface area contributed by atoms with Gasteiger partial charge in [-0.1, -0.05) is 11.3 Å². The number of ether oxygens (including phenoxy) is 1. The lowest BCUT2D eigenvalue weighted by atomic mass is 10.3. The predicted octanol–water partition coefficient (Wildman–Crippen LogP) is 1.28. The second kappa shape index (κ2) is 8.23. The van der Waals surface area contributed by atoms with Gasteiger partial charge in [-0.25, -0.2) is 9.97 Å². The molecule has 0 saturated heterocycles. The molecule has 0 aliphatic heterocycles. The van der Waals surface area contributed by atoms with E-state index in [4.69, 9.17) is 4.74 Å². The van der Waals surface area contributed by atoms with Crippen molar-refractivity contribution in [3.05, 3.63) is 18.0 Å². The van der Waals surface area contributed by atoms with Crippen molar-refractivity contribution in [1.29, 1.82) is 0 Å². The first-order valence-corrected chi connectivity index (χ1v) is 8.01. The summed E-state index contributed by atoms with van der Waals surface area (Å²) in [6.45, 7) is 2.24. The summed E-state index contributed by atoms with van der Waals surface area (Å²) in [7, 11) is 5.57. The minimum Gasteiger partial charge on any atom is -0.383 e. The van der Waals surface area contributed by atoms with Crippen molar-refractivity contribution in [3.63, 3.8) is 0 Å². The van der Waals surface area contributed by atoms with E-state index < -0.39 is 0 Å². The first-order chi connectivity index (χ1) is 10.2.